The van der Waals surface area contributed by atoms with Crippen LogP contribution in [-0.2, 0) is 21.2 Å². The van der Waals surface area contributed by atoms with Crippen molar-refractivity contribution in [1.29, 1.82) is 5.26 Å². The Labute approximate surface area is 179 Å². The number of rotatable bonds is 4. The van der Waals surface area contributed by atoms with Crippen LogP contribution in [0, 0.1) is 11.3 Å². The number of halogens is 1. The number of nitrogens with zero attached hydrogens (tertiary/aromatic N) is 2. The maximum atomic E-state index is 13.2. The number of nitriles is 1. The third-order valence-corrected chi connectivity index (χ3v) is 6.83. The summed E-state index contributed by atoms with van der Waals surface area (Å²) in [5.74, 6) is -0.480. The van der Waals surface area contributed by atoms with Gasteiger partial charge in [-0.15, -0.1) is 0 Å². The number of benzene rings is 3. The molecule has 0 fully saturated rings. The Morgan fingerprint density at radius 2 is 1.77 bits per heavy atom. The summed E-state index contributed by atoms with van der Waals surface area (Å²) in [5.41, 5.74) is 2.96. The van der Waals surface area contributed by atoms with E-state index >= 15 is 0 Å². The number of fused-ring (bicyclic) bond motifs is 3. The molecule has 0 saturated heterocycles. The number of carbonyl (C=O) groups excluding carboxylic acids is 1. The lowest BCUT2D eigenvalue weighted by molar-refractivity contribution is -0.114. The van der Waals surface area contributed by atoms with Crippen LogP contribution in [0.2, 0.25) is 5.02 Å². The second-order valence-electron chi connectivity index (χ2n) is 6.75. The zero-order valence-corrected chi connectivity index (χ0v) is 17.2. The lowest BCUT2D eigenvalue weighted by atomic mass is 10.0. The normalized spacial score (nSPS) is 13.7. The molecule has 150 valence electrons. The minimum absolute atomic E-state index is 0.133. The predicted octanol–water partition coefficient (Wildman–Crippen LogP) is 4.22. The van der Waals surface area contributed by atoms with Crippen LogP contribution in [0.3, 0.4) is 0 Å². The second kappa shape index (κ2) is 7.82. The fourth-order valence-corrected chi connectivity index (χ4v) is 5.22. The Kier molecular flexibility index (Phi) is 5.20. The largest absolute Gasteiger partial charge is 0.325 e. The van der Waals surface area contributed by atoms with E-state index in [0.29, 0.717) is 27.5 Å². The fraction of sp³-hybridized carbons (Fsp3) is 0.0909. The van der Waals surface area contributed by atoms with E-state index in [2.05, 4.69) is 11.4 Å². The summed E-state index contributed by atoms with van der Waals surface area (Å²) in [4.78, 5) is 12.8. The van der Waals surface area contributed by atoms with Crippen molar-refractivity contribution in [2.75, 3.05) is 16.2 Å². The molecule has 3 aromatic rings. The summed E-state index contributed by atoms with van der Waals surface area (Å²) in [7, 11) is -3.92. The molecule has 0 bridgehead atoms. The predicted molar refractivity (Wildman–Crippen MR) is 116 cm³/mol. The van der Waals surface area contributed by atoms with E-state index in [1.54, 1.807) is 60.7 Å². The van der Waals surface area contributed by atoms with Gasteiger partial charge in [0.2, 0.25) is 5.91 Å². The Morgan fingerprint density at radius 3 is 2.50 bits per heavy atom. The summed E-state index contributed by atoms with van der Waals surface area (Å²) < 4.78 is 27.6. The number of sulfonamides is 1. The van der Waals surface area contributed by atoms with Crippen LogP contribution < -0.4 is 9.62 Å². The molecule has 0 radical (unpaired) electrons. The number of carbonyl (C=O) groups is 1. The van der Waals surface area contributed by atoms with E-state index in [4.69, 9.17) is 16.9 Å². The third-order valence-electron chi connectivity index (χ3n) is 4.78. The lowest BCUT2D eigenvalue weighted by Crippen LogP contribution is -2.40. The van der Waals surface area contributed by atoms with Crippen LogP contribution in [0.1, 0.15) is 5.56 Å². The van der Waals surface area contributed by atoms with Gasteiger partial charge in [0.1, 0.15) is 6.54 Å². The average molecular weight is 438 g/mol. The molecule has 1 amide bonds. The highest BCUT2D eigenvalue weighted by molar-refractivity contribution is 7.93. The van der Waals surface area contributed by atoms with Crippen LogP contribution in [0.25, 0.3) is 11.1 Å². The quantitative estimate of drug-likeness (QED) is 0.661. The molecule has 0 saturated carbocycles. The summed E-state index contributed by atoms with van der Waals surface area (Å²) in [6.45, 7) is -0.384. The molecule has 0 aliphatic carbocycles. The van der Waals surface area contributed by atoms with Gasteiger partial charge in [0.25, 0.3) is 10.0 Å². The van der Waals surface area contributed by atoms with E-state index < -0.39 is 15.9 Å². The van der Waals surface area contributed by atoms with E-state index in [0.717, 1.165) is 9.87 Å². The molecule has 1 aliphatic heterocycles. The van der Waals surface area contributed by atoms with Crippen LogP contribution in [0.4, 0.5) is 11.4 Å². The Balaban J connectivity index is 1.65. The standard InChI is InChI=1S/C22H16ClN3O3S/c23-16-7-10-20-19(13-16)18-3-1-2-4-21(18)30(28,29)26(20)14-22(27)25-17-8-5-15(6-9-17)11-12-24/h1-10,13H,11,14H2,(H,25,27). The minimum Gasteiger partial charge on any atom is -0.325 e. The molecule has 30 heavy (non-hydrogen) atoms. The van der Waals surface area contributed by atoms with Gasteiger partial charge in [-0.05, 0) is 42.0 Å². The Morgan fingerprint density at radius 1 is 1.03 bits per heavy atom. The smallest absolute Gasteiger partial charge is 0.265 e. The van der Waals surface area contributed by atoms with Crippen molar-refractivity contribution in [2.45, 2.75) is 11.3 Å². The van der Waals surface area contributed by atoms with Crippen molar-refractivity contribution in [3.8, 4) is 17.2 Å². The van der Waals surface area contributed by atoms with Gasteiger partial charge in [0.15, 0.2) is 0 Å². The van der Waals surface area contributed by atoms with Crippen molar-refractivity contribution in [2.24, 2.45) is 0 Å². The monoisotopic (exact) mass is 437 g/mol. The van der Waals surface area contributed by atoms with E-state index in [9.17, 15) is 13.2 Å². The highest BCUT2D eigenvalue weighted by Crippen LogP contribution is 2.43. The van der Waals surface area contributed by atoms with Gasteiger partial charge in [-0.3, -0.25) is 9.10 Å². The first kappa shape index (κ1) is 20.0. The van der Waals surface area contributed by atoms with Gasteiger partial charge in [0.05, 0.1) is 23.1 Å². The molecule has 1 heterocycles. The molecular weight excluding hydrogens is 422 g/mol. The number of hydrogen-bond donors (Lipinski definition) is 1. The topological polar surface area (TPSA) is 90.3 Å². The molecule has 0 spiro atoms. The Bertz CT molecular complexity index is 1280. The van der Waals surface area contributed by atoms with E-state index in [1.807, 2.05) is 0 Å². The SMILES string of the molecule is N#CCc1ccc(NC(=O)CN2c3ccc(Cl)cc3-c3ccccc3S2(=O)=O)cc1. The first-order chi connectivity index (χ1) is 14.4. The van der Waals surface area contributed by atoms with Crippen LogP contribution in [0.15, 0.2) is 71.6 Å². The van der Waals surface area contributed by atoms with E-state index in [1.165, 1.54) is 6.07 Å². The molecular formula is C22H16ClN3O3S. The van der Waals surface area contributed by atoms with Crippen molar-refractivity contribution in [1.82, 2.24) is 0 Å². The van der Waals surface area contributed by atoms with Crippen LogP contribution >= 0.6 is 11.6 Å². The molecule has 6 nitrogen and oxygen atoms in total. The molecule has 1 aliphatic rings. The van der Waals surface area contributed by atoms with Gasteiger partial charge >= 0.3 is 0 Å². The fourth-order valence-electron chi connectivity index (χ4n) is 3.40. The zero-order chi connectivity index (χ0) is 21.3. The first-order valence-electron chi connectivity index (χ1n) is 9.07. The highest BCUT2D eigenvalue weighted by atomic mass is 35.5. The average Bonchev–Trinajstić information content (AvgIpc) is 2.73. The van der Waals surface area contributed by atoms with Crippen molar-refractivity contribution in [3.63, 3.8) is 0 Å². The van der Waals surface area contributed by atoms with Gasteiger partial charge < -0.3 is 5.32 Å². The van der Waals surface area contributed by atoms with Crippen molar-refractivity contribution in [3.05, 3.63) is 77.3 Å². The molecule has 0 aromatic heterocycles. The number of nitrogens with one attached hydrogen (secondary N) is 1. The van der Waals surface area contributed by atoms with Crippen LogP contribution in [0.5, 0.6) is 0 Å². The lowest BCUT2D eigenvalue weighted by Gasteiger charge is -2.31. The first-order valence-corrected chi connectivity index (χ1v) is 10.9. The maximum absolute atomic E-state index is 13.2. The van der Waals surface area contributed by atoms with Gasteiger partial charge in [-0.1, -0.05) is 41.9 Å². The molecule has 8 heteroatoms. The van der Waals surface area contributed by atoms with Crippen LogP contribution in [-0.4, -0.2) is 20.9 Å². The summed E-state index contributed by atoms with van der Waals surface area (Å²) >= 11 is 6.14. The second-order valence-corrected chi connectivity index (χ2v) is 9.02. The van der Waals surface area contributed by atoms with Gasteiger partial charge in [-0.25, -0.2) is 8.42 Å². The summed E-state index contributed by atoms with van der Waals surface area (Å²) in [5, 5.41) is 11.9. The van der Waals surface area contributed by atoms with E-state index in [-0.39, 0.29) is 17.9 Å². The molecule has 0 atom stereocenters. The highest BCUT2D eigenvalue weighted by Gasteiger charge is 2.35. The third kappa shape index (κ3) is 3.63. The van der Waals surface area contributed by atoms with Gasteiger partial charge in [-0.2, -0.15) is 5.26 Å². The van der Waals surface area contributed by atoms with Crippen molar-refractivity contribution >= 4 is 38.9 Å². The Hall–Kier alpha value is -3.34. The maximum Gasteiger partial charge on any atom is 0.265 e. The molecule has 3 aromatic carbocycles. The van der Waals surface area contributed by atoms with Gasteiger partial charge in [0, 0.05) is 21.8 Å². The zero-order valence-electron chi connectivity index (χ0n) is 15.7. The molecule has 4 rings (SSSR count). The van der Waals surface area contributed by atoms with Crippen molar-refractivity contribution < 1.29 is 13.2 Å². The number of amides is 1. The molecule has 0 unspecified atom stereocenters. The molecule has 1 N–H and O–H groups in total. The number of hydrogen-bond acceptors (Lipinski definition) is 4. The minimum atomic E-state index is -3.92. The summed E-state index contributed by atoms with van der Waals surface area (Å²) in [6, 6.07) is 20.5. The summed E-state index contributed by atoms with van der Waals surface area (Å²) in [6.07, 6.45) is 0.277. The number of anilines is 2.